The van der Waals surface area contributed by atoms with Gasteiger partial charge in [-0.3, -0.25) is 3.97 Å². The minimum atomic E-state index is -0.966. The molecule has 0 bridgehead atoms. The summed E-state index contributed by atoms with van der Waals surface area (Å²) in [5, 5.41) is 1.18. The Morgan fingerprint density at radius 2 is 2.00 bits per heavy atom. The molecule has 2 rings (SSSR count). The van der Waals surface area contributed by atoms with E-state index in [9.17, 15) is 4.21 Å². The standard InChI is InChI=1S/C10H11NOS/c1-8-7-11(13(2)12)10-6-4-3-5-9(8)10/h3-7H,1-2H3. The summed E-state index contributed by atoms with van der Waals surface area (Å²) in [5.41, 5.74) is 2.21. The molecule has 1 aromatic carbocycles. The van der Waals surface area contributed by atoms with Crippen molar-refractivity contribution in [2.75, 3.05) is 6.26 Å². The molecule has 1 heterocycles. The van der Waals surface area contributed by atoms with Crippen LogP contribution in [-0.4, -0.2) is 14.4 Å². The van der Waals surface area contributed by atoms with Crippen molar-refractivity contribution in [3.63, 3.8) is 0 Å². The molecule has 0 N–H and O–H groups in total. The van der Waals surface area contributed by atoms with E-state index in [-0.39, 0.29) is 0 Å². The number of rotatable bonds is 1. The van der Waals surface area contributed by atoms with Gasteiger partial charge in [-0.1, -0.05) is 18.2 Å². The molecule has 1 atom stereocenters. The second kappa shape index (κ2) is 3.00. The number of nitrogens with zero attached hydrogens (tertiary/aromatic N) is 1. The maximum absolute atomic E-state index is 11.3. The molecule has 2 nitrogen and oxygen atoms in total. The third-order valence-electron chi connectivity index (χ3n) is 2.15. The molecule has 0 aliphatic heterocycles. The maximum Gasteiger partial charge on any atom is 0.120 e. The highest BCUT2D eigenvalue weighted by atomic mass is 32.2. The highest BCUT2D eigenvalue weighted by Crippen LogP contribution is 2.20. The Morgan fingerprint density at radius 3 is 2.69 bits per heavy atom. The first-order valence-corrected chi connectivity index (χ1v) is 5.62. The van der Waals surface area contributed by atoms with Crippen molar-refractivity contribution >= 4 is 21.9 Å². The van der Waals surface area contributed by atoms with Gasteiger partial charge in [0.25, 0.3) is 0 Å². The van der Waals surface area contributed by atoms with Crippen LogP contribution in [0.1, 0.15) is 5.56 Å². The quantitative estimate of drug-likeness (QED) is 0.679. The van der Waals surface area contributed by atoms with Crippen LogP contribution in [0.25, 0.3) is 10.9 Å². The second-order valence-electron chi connectivity index (χ2n) is 3.08. The maximum atomic E-state index is 11.3. The van der Waals surface area contributed by atoms with Gasteiger partial charge in [-0.15, -0.1) is 0 Å². The first-order chi connectivity index (χ1) is 6.20. The number of aryl methyl sites for hydroxylation is 1. The molecule has 1 unspecified atom stereocenters. The number of hydrogen-bond donors (Lipinski definition) is 0. The second-order valence-corrected chi connectivity index (χ2v) is 4.32. The van der Waals surface area contributed by atoms with Crippen LogP contribution in [0.5, 0.6) is 0 Å². The molecule has 0 spiro atoms. The average molecular weight is 193 g/mol. The van der Waals surface area contributed by atoms with Crippen molar-refractivity contribution in [1.82, 2.24) is 3.97 Å². The summed E-state index contributed by atoms with van der Waals surface area (Å²) in [6.45, 7) is 2.03. The highest BCUT2D eigenvalue weighted by Gasteiger charge is 2.05. The zero-order valence-corrected chi connectivity index (χ0v) is 8.47. The number of aromatic nitrogens is 1. The lowest BCUT2D eigenvalue weighted by atomic mass is 10.2. The summed E-state index contributed by atoms with van der Waals surface area (Å²) in [7, 11) is -0.966. The van der Waals surface area contributed by atoms with E-state index in [0.717, 1.165) is 5.52 Å². The van der Waals surface area contributed by atoms with Crippen molar-refractivity contribution in [2.45, 2.75) is 6.92 Å². The lowest BCUT2D eigenvalue weighted by Gasteiger charge is -1.97. The molecule has 0 saturated heterocycles. The molecule has 0 aliphatic carbocycles. The SMILES string of the molecule is Cc1cn(S(C)=O)c2ccccc12. The summed E-state index contributed by atoms with van der Waals surface area (Å²) in [6, 6.07) is 8.00. The van der Waals surface area contributed by atoms with E-state index in [1.54, 1.807) is 10.2 Å². The van der Waals surface area contributed by atoms with Crippen LogP contribution >= 0.6 is 0 Å². The van der Waals surface area contributed by atoms with Crippen LogP contribution in [0.3, 0.4) is 0 Å². The topological polar surface area (TPSA) is 22.0 Å². The van der Waals surface area contributed by atoms with Crippen LogP contribution in [0.4, 0.5) is 0 Å². The Hall–Kier alpha value is -1.09. The van der Waals surface area contributed by atoms with Crippen molar-refractivity contribution in [1.29, 1.82) is 0 Å². The Kier molecular flexibility index (Phi) is 1.96. The summed E-state index contributed by atoms with van der Waals surface area (Å²) in [6.07, 6.45) is 3.62. The smallest absolute Gasteiger partial charge is 0.120 e. The van der Waals surface area contributed by atoms with Gasteiger partial charge in [-0.05, 0) is 18.6 Å². The van der Waals surface area contributed by atoms with E-state index in [1.807, 2.05) is 37.4 Å². The normalized spacial score (nSPS) is 13.4. The lowest BCUT2D eigenvalue weighted by molar-refractivity contribution is 0.682. The predicted octanol–water partition coefficient (Wildman–Crippen LogP) is 2.09. The molecule has 0 saturated carbocycles. The molecular formula is C10H11NOS. The molecule has 0 radical (unpaired) electrons. The van der Waals surface area contributed by atoms with Crippen molar-refractivity contribution in [2.24, 2.45) is 0 Å². The number of hydrogen-bond acceptors (Lipinski definition) is 1. The Labute approximate surface area is 79.8 Å². The zero-order valence-electron chi connectivity index (χ0n) is 7.65. The third kappa shape index (κ3) is 1.29. The first kappa shape index (κ1) is 8.51. The van der Waals surface area contributed by atoms with Gasteiger partial charge >= 0.3 is 0 Å². The van der Waals surface area contributed by atoms with E-state index in [1.165, 1.54) is 10.9 Å². The van der Waals surface area contributed by atoms with Gasteiger partial charge in [-0.2, -0.15) is 0 Å². The van der Waals surface area contributed by atoms with Gasteiger partial charge in [0.1, 0.15) is 11.0 Å². The summed E-state index contributed by atoms with van der Waals surface area (Å²) in [5.74, 6) is 0. The van der Waals surface area contributed by atoms with E-state index in [4.69, 9.17) is 0 Å². The highest BCUT2D eigenvalue weighted by molar-refractivity contribution is 7.82. The molecule has 0 amide bonds. The minimum absolute atomic E-state index is 0.966. The van der Waals surface area contributed by atoms with Crippen molar-refractivity contribution < 1.29 is 4.21 Å². The van der Waals surface area contributed by atoms with Crippen LogP contribution in [0, 0.1) is 6.92 Å². The van der Waals surface area contributed by atoms with Gasteiger partial charge in [0, 0.05) is 17.8 Å². The lowest BCUT2D eigenvalue weighted by Crippen LogP contribution is -1.98. The molecule has 0 aliphatic rings. The van der Waals surface area contributed by atoms with Crippen LogP contribution in [0.2, 0.25) is 0 Å². The fourth-order valence-electron chi connectivity index (χ4n) is 1.53. The molecule has 3 heteroatoms. The molecule has 0 fully saturated rings. The fourth-order valence-corrected chi connectivity index (χ4v) is 2.27. The third-order valence-corrected chi connectivity index (χ3v) is 3.01. The average Bonchev–Trinajstić information content (AvgIpc) is 2.45. The minimum Gasteiger partial charge on any atom is -0.267 e. The molecule has 13 heavy (non-hydrogen) atoms. The van der Waals surface area contributed by atoms with E-state index in [2.05, 4.69) is 0 Å². The van der Waals surface area contributed by atoms with Gasteiger partial charge in [0.15, 0.2) is 0 Å². The van der Waals surface area contributed by atoms with Crippen LogP contribution < -0.4 is 0 Å². The molecule has 2 aromatic rings. The zero-order chi connectivity index (χ0) is 9.42. The van der Waals surface area contributed by atoms with E-state index in [0.29, 0.717) is 0 Å². The summed E-state index contributed by atoms with van der Waals surface area (Å²) < 4.78 is 13.1. The summed E-state index contributed by atoms with van der Waals surface area (Å²) >= 11 is 0. The van der Waals surface area contributed by atoms with Gasteiger partial charge < -0.3 is 0 Å². The van der Waals surface area contributed by atoms with Gasteiger partial charge in [0.2, 0.25) is 0 Å². The number of para-hydroxylation sites is 1. The monoisotopic (exact) mass is 193 g/mol. The number of benzene rings is 1. The van der Waals surface area contributed by atoms with Crippen LogP contribution in [0.15, 0.2) is 30.5 Å². The first-order valence-electron chi connectivity index (χ1n) is 4.11. The van der Waals surface area contributed by atoms with Crippen LogP contribution in [-0.2, 0) is 11.0 Å². The van der Waals surface area contributed by atoms with Crippen molar-refractivity contribution in [3.8, 4) is 0 Å². The Morgan fingerprint density at radius 1 is 1.31 bits per heavy atom. The van der Waals surface area contributed by atoms with E-state index >= 15 is 0 Å². The predicted molar refractivity (Wildman–Crippen MR) is 56.1 cm³/mol. The fraction of sp³-hybridized carbons (Fsp3) is 0.200. The molecular weight excluding hydrogens is 182 g/mol. The Balaban J connectivity index is 2.85. The summed E-state index contributed by atoms with van der Waals surface area (Å²) in [4.78, 5) is 0. The van der Waals surface area contributed by atoms with Gasteiger partial charge in [-0.25, -0.2) is 4.21 Å². The molecule has 1 aromatic heterocycles. The van der Waals surface area contributed by atoms with Gasteiger partial charge in [0.05, 0.1) is 5.52 Å². The van der Waals surface area contributed by atoms with Crippen molar-refractivity contribution in [3.05, 3.63) is 36.0 Å². The Bertz CT molecular complexity index is 473. The molecule has 68 valence electrons. The van der Waals surface area contributed by atoms with E-state index < -0.39 is 11.0 Å². The number of fused-ring (bicyclic) bond motifs is 1. The largest absolute Gasteiger partial charge is 0.267 e.